The van der Waals surface area contributed by atoms with E-state index in [0.29, 0.717) is 24.3 Å². The van der Waals surface area contributed by atoms with Gasteiger partial charge in [-0.25, -0.2) is 0 Å². The molecule has 69 heavy (non-hydrogen) atoms. The van der Waals surface area contributed by atoms with Crippen LogP contribution in [0.3, 0.4) is 0 Å². The van der Waals surface area contributed by atoms with Crippen molar-refractivity contribution in [1.82, 2.24) is 5.32 Å². The van der Waals surface area contributed by atoms with Gasteiger partial charge in [0.1, 0.15) is 0 Å². The molecule has 5 aromatic rings. The van der Waals surface area contributed by atoms with Crippen LogP contribution in [-0.2, 0) is 0 Å². The fraction of sp³-hybridized carbons (Fsp3) is 0.364. The average molecular weight is 1050 g/mol. The monoisotopic (exact) mass is 1050 g/mol. The lowest BCUT2D eigenvalue weighted by Gasteiger charge is -2.26. The lowest BCUT2D eigenvalue weighted by Crippen LogP contribution is -2.28. The minimum Gasteiger partial charge on any atom is -0.411 e. The van der Waals surface area contributed by atoms with Crippen molar-refractivity contribution >= 4 is 111 Å². The lowest BCUT2D eigenvalue weighted by atomic mass is 10.0. The number of amidine groups is 1. The molecule has 5 aromatic carbocycles. The van der Waals surface area contributed by atoms with E-state index in [9.17, 15) is 4.79 Å². The van der Waals surface area contributed by atoms with Gasteiger partial charge in [0.15, 0.2) is 11.0 Å². The molecule has 3 atom stereocenters. The molecule has 0 bridgehead atoms. The second-order valence-corrected chi connectivity index (χ2v) is 24.5. The molecule has 0 spiro atoms. The van der Waals surface area contributed by atoms with Gasteiger partial charge < -0.3 is 16.3 Å². The van der Waals surface area contributed by atoms with Crippen molar-refractivity contribution in [1.29, 1.82) is 0 Å². The molecule has 0 radical (unpaired) electrons. The van der Waals surface area contributed by atoms with E-state index in [-0.39, 0.29) is 6.04 Å². The van der Waals surface area contributed by atoms with Gasteiger partial charge in [-0.1, -0.05) is 89.8 Å². The van der Waals surface area contributed by atoms with Gasteiger partial charge in [-0.3, -0.25) is 14.8 Å². The topological polar surface area (TPSA) is 112 Å². The van der Waals surface area contributed by atoms with Crippen LogP contribution in [0.15, 0.2) is 131 Å². The summed E-state index contributed by atoms with van der Waals surface area (Å²) in [5, 5.41) is 18.4. The van der Waals surface area contributed by atoms with Gasteiger partial charge in [-0.05, 0) is 134 Å². The van der Waals surface area contributed by atoms with Crippen LogP contribution in [0.4, 0.5) is 0 Å². The van der Waals surface area contributed by atoms with Gasteiger partial charge in [0.05, 0.1) is 24.3 Å². The molecule has 0 aliphatic carbocycles. The fourth-order valence-electron chi connectivity index (χ4n) is 8.37. The first-order chi connectivity index (χ1) is 33.5. The molecule has 0 fully saturated rings. The maximum absolute atomic E-state index is 11.4. The molecule has 4 N–H and O–H groups in total. The van der Waals surface area contributed by atoms with Crippen LogP contribution < -0.4 is 11.1 Å². The quantitative estimate of drug-likeness (QED) is 0.0695. The minimum absolute atomic E-state index is 0.266. The largest absolute Gasteiger partial charge is 0.411 e. The van der Waals surface area contributed by atoms with Crippen LogP contribution in [0, 0.1) is 34.6 Å². The number of thiocarbonyl (C=S) groups is 1. The van der Waals surface area contributed by atoms with E-state index in [1.54, 1.807) is 23.3 Å². The molecule has 0 saturated heterocycles. The van der Waals surface area contributed by atoms with Crippen molar-refractivity contribution in [3.8, 4) is 0 Å². The van der Waals surface area contributed by atoms with E-state index in [1.165, 1.54) is 76.3 Å². The van der Waals surface area contributed by atoms with Gasteiger partial charge in [0, 0.05) is 94.8 Å². The number of aryl methyl sites for hydroxylation is 5. The third kappa shape index (κ3) is 15.3. The number of aliphatic imine (C=N–C) groups is 2. The number of hydrogen-bond donors (Lipinski definition) is 3. The van der Waals surface area contributed by atoms with Crippen molar-refractivity contribution in [3.05, 3.63) is 147 Å². The maximum atomic E-state index is 11.4. The van der Waals surface area contributed by atoms with Crippen LogP contribution in [0.2, 0.25) is 0 Å². The summed E-state index contributed by atoms with van der Waals surface area (Å²) in [6.07, 6.45) is 6.71. The van der Waals surface area contributed by atoms with Crippen LogP contribution >= 0.6 is 82.8 Å². The number of nitrogens with zero attached hydrogens (tertiary/aromatic N) is 3. The maximum Gasteiger partial charge on any atom is 0.164 e. The lowest BCUT2D eigenvalue weighted by molar-refractivity contribution is 0.0984. The zero-order chi connectivity index (χ0) is 48.7. The Hall–Kier alpha value is -3.47. The van der Waals surface area contributed by atoms with Gasteiger partial charge in [-0.15, -0.1) is 58.8 Å². The third-order valence-electron chi connectivity index (χ3n) is 12.0. The Morgan fingerprint density at radius 2 is 1.12 bits per heavy atom. The molecule has 362 valence electrons. The van der Waals surface area contributed by atoms with E-state index >= 15 is 0 Å². The summed E-state index contributed by atoms with van der Waals surface area (Å²) in [6.45, 7) is 11.5. The van der Waals surface area contributed by atoms with Gasteiger partial charge >= 0.3 is 0 Å². The molecule has 3 unspecified atom stereocenters. The Balaban J connectivity index is 0.000000128. The summed E-state index contributed by atoms with van der Waals surface area (Å²) in [7, 11) is 0. The Morgan fingerprint density at radius 3 is 1.74 bits per heavy atom. The van der Waals surface area contributed by atoms with E-state index in [2.05, 4.69) is 128 Å². The van der Waals surface area contributed by atoms with Crippen molar-refractivity contribution in [2.75, 3.05) is 41.1 Å². The highest BCUT2D eigenvalue weighted by atomic mass is 32.2. The molecule has 0 amide bonds. The number of carbonyl (C=O) groups excluding carboxylic acids is 1. The van der Waals surface area contributed by atoms with Crippen molar-refractivity contribution in [2.45, 2.75) is 109 Å². The number of fused-ring (bicyclic) bond motifs is 5. The number of rotatable bonds is 3. The molecule has 7 nitrogen and oxygen atoms in total. The zero-order valence-electron chi connectivity index (χ0n) is 40.2. The van der Waals surface area contributed by atoms with Gasteiger partial charge in [0.2, 0.25) is 0 Å². The number of benzene rings is 5. The highest BCUT2D eigenvalue weighted by molar-refractivity contribution is 8.14. The smallest absolute Gasteiger partial charge is 0.164 e. The van der Waals surface area contributed by atoms with Crippen molar-refractivity contribution in [3.63, 3.8) is 0 Å². The molecular weight excluding hydrogens is 987 g/mol. The molecule has 0 saturated carbocycles. The standard InChI is InChI=1S/C13H16N2S2.C12H13NS2.C10H11NOS.C10H13NS.C10H10OS/c1-9-2-3-10-11(4-6-16-12(10)8-9)15-13-14-5-7-17-13;1-9-2-3-10-11(13-5-6-14)4-7-15-12(10)8-9;1-7-2-3-8-9(11-12)4-5-13-10(8)6-7;2*1-7-2-3-8-9(11)4-5-12-10(8)6-7/h2-3,8,11H,4-7H2,1H3,(H,14,15);2-3,5-6,8,11H,4,7H2,1H3;2-3,6,12H,4-5H2,1H3;2-3,6,9H,4-5,11H2,1H3;2-3,6H,4-5H2,1H3/b;;11-9+;;. The predicted octanol–water partition coefficient (Wildman–Crippen LogP) is 14.7. The number of Topliss-reactive ketones (excluding diaryl/α,β-unsaturated/α-hetero) is 1. The number of carbonyl (C=O) groups is 1. The van der Waals surface area contributed by atoms with E-state index in [1.807, 2.05) is 77.0 Å². The summed E-state index contributed by atoms with van der Waals surface area (Å²) >= 11 is 16.1. The van der Waals surface area contributed by atoms with Crippen LogP contribution in [-0.4, -0.2) is 74.5 Å². The third-order valence-corrected chi connectivity index (χ3v) is 18.5. The van der Waals surface area contributed by atoms with Crippen LogP contribution in [0.1, 0.15) is 111 Å². The van der Waals surface area contributed by atoms with E-state index in [4.69, 9.17) is 23.2 Å². The highest BCUT2D eigenvalue weighted by Crippen LogP contribution is 2.40. The second-order valence-electron chi connectivity index (χ2n) is 17.5. The molecule has 0 aromatic heterocycles. The molecule has 14 heteroatoms. The summed E-state index contributed by atoms with van der Waals surface area (Å²) in [5.74, 6) is 6.89. The molecule has 6 heterocycles. The first kappa shape index (κ1) is 53.3. The number of oxime groups is 1. The van der Waals surface area contributed by atoms with E-state index < -0.39 is 0 Å². The SMILES string of the molecule is Cc1ccc2c(c1)SCC/C2=N\O.Cc1ccc2c(c1)SCCC2=O.Cc1ccc2c(c1)SCCC2N.Cc1ccc2c(c1)SCCC2N=CC=S.Cc1ccc2c(c1)SCCC2NC1=NCCS1. The molecular formula is C55H63N5O2S7. The number of hydrogen-bond acceptors (Lipinski definition) is 14. The first-order valence-electron chi connectivity index (χ1n) is 23.6. The normalized spacial score (nSPS) is 20.2. The number of ketones is 1. The highest BCUT2D eigenvalue weighted by Gasteiger charge is 2.24. The molecule has 6 aliphatic heterocycles. The van der Waals surface area contributed by atoms with E-state index in [0.717, 1.165) is 81.5 Å². The Morgan fingerprint density at radius 1 is 0.609 bits per heavy atom. The Bertz CT molecular complexity index is 2690. The summed E-state index contributed by atoms with van der Waals surface area (Å²) in [4.78, 5) is 26.9. The number of nitrogens with two attached hydrogens (primary N) is 1. The predicted molar refractivity (Wildman–Crippen MR) is 308 cm³/mol. The van der Waals surface area contributed by atoms with Gasteiger partial charge in [-0.2, -0.15) is 0 Å². The summed E-state index contributed by atoms with van der Waals surface area (Å²) in [5.41, 5.74) is 19.4. The van der Waals surface area contributed by atoms with Crippen LogP contribution in [0.5, 0.6) is 0 Å². The zero-order valence-corrected chi connectivity index (χ0v) is 45.9. The second kappa shape index (κ2) is 26.8. The first-order valence-corrected chi connectivity index (χ1v) is 30.0. The average Bonchev–Trinajstić information content (AvgIpc) is 3.87. The summed E-state index contributed by atoms with van der Waals surface area (Å²) < 4.78 is 0. The molecule has 11 rings (SSSR count). The Kier molecular flexibility index (Phi) is 20.7. The molecule has 6 aliphatic rings. The summed E-state index contributed by atoms with van der Waals surface area (Å²) in [6, 6.07) is 33.2. The van der Waals surface area contributed by atoms with Crippen molar-refractivity contribution < 1.29 is 10.0 Å². The fourth-order valence-corrected chi connectivity index (χ4v) is 15.1. The van der Waals surface area contributed by atoms with Gasteiger partial charge in [0.25, 0.3) is 0 Å². The minimum atomic E-state index is 0.266. The Labute approximate surface area is 440 Å². The van der Waals surface area contributed by atoms with Crippen molar-refractivity contribution in [2.24, 2.45) is 20.9 Å². The number of nitrogens with one attached hydrogen (secondary N) is 1. The number of thioether (sulfide) groups is 6. The van der Waals surface area contributed by atoms with Crippen LogP contribution in [0.25, 0.3) is 0 Å².